The quantitative estimate of drug-likeness (QED) is 0.181. The maximum Gasteiger partial charge on any atom is 0.429 e. The van der Waals surface area contributed by atoms with Gasteiger partial charge in [-0.1, -0.05) is 32.9 Å². The van der Waals surface area contributed by atoms with Crippen molar-refractivity contribution in [1.82, 2.24) is 15.3 Å². The average molecular weight is 548 g/mol. The fourth-order valence-corrected chi connectivity index (χ4v) is 5.29. The SMILES string of the molecule is C=CCCCN(C(=O)C1CC(C(C)(C)C)CC1C(=O)NC1(C(=O)OCC)CC1C=C)N(C)C(=O)OC(C)(C)C. The van der Waals surface area contributed by atoms with Crippen LogP contribution in [0.4, 0.5) is 4.79 Å². The first-order valence-corrected chi connectivity index (χ1v) is 14.0. The van der Waals surface area contributed by atoms with Gasteiger partial charge in [0.1, 0.15) is 11.1 Å². The standard InChI is InChI=1S/C30H49N3O6/c1-11-14-15-16-33(32(10)27(37)39-29(7,8)9)25(35)23-18-21(28(4,5)6)17-22(23)24(34)31-30(19-20(30)12-2)26(36)38-13-3/h11-12,20-23H,1-2,13-19H2,3-10H3,(H,31,34). The second kappa shape index (κ2) is 12.6. The van der Waals surface area contributed by atoms with E-state index in [1.54, 1.807) is 39.8 Å². The van der Waals surface area contributed by atoms with Crippen LogP contribution in [0.1, 0.15) is 80.6 Å². The summed E-state index contributed by atoms with van der Waals surface area (Å²) >= 11 is 0. The van der Waals surface area contributed by atoms with Crippen LogP contribution in [0.25, 0.3) is 0 Å². The van der Waals surface area contributed by atoms with Crippen LogP contribution < -0.4 is 5.32 Å². The van der Waals surface area contributed by atoms with Crippen molar-refractivity contribution in [3.8, 4) is 0 Å². The summed E-state index contributed by atoms with van der Waals surface area (Å²) in [5, 5.41) is 5.57. The van der Waals surface area contributed by atoms with Crippen molar-refractivity contribution in [2.24, 2.45) is 29.1 Å². The van der Waals surface area contributed by atoms with Crippen LogP contribution >= 0.6 is 0 Å². The van der Waals surface area contributed by atoms with Crippen LogP contribution in [0.5, 0.6) is 0 Å². The molecule has 0 radical (unpaired) electrons. The second-order valence-electron chi connectivity index (χ2n) is 12.9. The van der Waals surface area contributed by atoms with E-state index in [-0.39, 0.29) is 42.2 Å². The van der Waals surface area contributed by atoms with E-state index in [0.29, 0.717) is 32.1 Å². The Labute approximate surface area is 234 Å². The molecule has 9 heteroatoms. The Kier molecular flexibility index (Phi) is 10.4. The van der Waals surface area contributed by atoms with Gasteiger partial charge in [-0.3, -0.25) is 9.59 Å². The molecule has 3 amide bonds. The summed E-state index contributed by atoms with van der Waals surface area (Å²) < 4.78 is 10.8. The summed E-state index contributed by atoms with van der Waals surface area (Å²) in [4.78, 5) is 53.7. The lowest BCUT2D eigenvalue weighted by Gasteiger charge is -2.36. The lowest BCUT2D eigenvalue weighted by molar-refractivity contribution is -0.154. The lowest BCUT2D eigenvalue weighted by Crippen LogP contribution is -2.54. The third kappa shape index (κ3) is 7.85. The highest BCUT2D eigenvalue weighted by molar-refractivity contribution is 5.95. The summed E-state index contributed by atoms with van der Waals surface area (Å²) in [6.45, 7) is 21.3. The van der Waals surface area contributed by atoms with Crippen LogP contribution in [-0.4, -0.2) is 65.2 Å². The molecule has 2 aliphatic carbocycles. The number of hydrazine groups is 1. The highest BCUT2D eigenvalue weighted by Gasteiger charge is 2.62. The predicted octanol–water partition coefficient (Wildman–Crippen LogP) is 4.88. The zero-order chi connectivity index (χ0) is 29.8. The van der Waals surface area contributed by atoms with Crippen molar-refractivity contribution in [3.63, 3.8) is 0 Å². The number of hydrogen-bond acceptors (Lipinski definition) is 6. The first kappa shape index (κ1) is 32.4. The fourth-order valence-electron chi connectivity index (χ4n) is 5.29. The predicted molar refractivity (Wildman–Crippen MR) is 150 cm³/mol. The van der Waals surface area contributed by atoms with Gasteiger partial charge in [0.25, 0.3) is 0 Å². The van der Waals surface area contributed by atoms with Crippen molar-refractivity contribution in [1.29, 1.82) is 0 Å². The number of nitrogens with one attached hydrogen (secondary N) is 1. The summed E-state index contributed by atoms with van der Waals surface area (Å²) in [6, 6.07) is 0. The molecule has 2 rings (SSSR count). The molecular formula is C30H49N3O6. The zero-order valence-corrected chi connectivity index (χ0v) is 25.2. The van der Waals surface area contributed by atoms with E-state index in [2.05, 4.69) is 39.2 Å². The smallest absolute Gasteiger partial charge is 0.429 e. The molecule has 2 fully saturated rings. The molecular weight excluding hydrogens is 498 g/mol. The zero-order valence-electron chi connectivity index (χ0n) is 25.2. The number of esters is 1. The average Bonchev–Trinajstić information content (AvgIpc) is 3.34. The maximum absolute atomic E-state index is 14.1. The molecule has 5 atom stereocenters. The summed E-state index contributed by atoms with van der Waals surface area (Å²) in [6.07, 6.45) is 5.45. The van der Waals surface area contributed by atoms with E-state index in [9.17, 15) is 19.2 Å². The van der Waals surface area contributed by atoms with E-state index in [1.165, 1.54) is 17.1 Å². The molecule has 0 aromatic rings. The molecule has 2 saturated carbocycles. The molecule has 39 heavy (non-hydrogen) atoms. The molecule has 220 valence electrons. The third-order valence-corrected chi connectivity index (χ3v) is 7.78. The van der Waals surface area contributed by atoms with Gasteiger partial charge in [-0.05, 0) is 71.1 Å². The van der Waals surface area contributed by atoms with Crippen LogP contribution in [0.2, 0.25) is 0 Å². The molecule has 1 N–H and O–H groups in total. The molecule has 5 unspecified atom stereocenters. The number of carbonyl (C=O) groups excluding carboxylic acids is 4. The number of unbranched alkanes of at least 4 members (excludes halogenated alkanes) is 1. The first-order valence-electron chi connectivity index (χ1n) is 14.0. The van der Waals surface area contributed by atoms with Gasteiger partial charge in [0.15, 0.2) is 0 Å². The minimum Gasteiger partial charge on any atom is -0.464 e. The number of allylic oxidation sites excluding steroid dienone is 1. The Morgan fingerprint density at radius 2 is 1.67 bits per heavy atom. The molecule has 0 aromatic carbocycles. The van der Waals surface area contributed by atoms with Crippen LogP contribution in [0.15, 0.2) is 25.3 Å². The molecule has 0 bridgehead atoms. The second-order valence-corrected chi connectivity index (χ2v) is 12.9. The van der Waals surface area contributed by atoms with E-state index in [1.807, 2.05) is 0 Å². The Morgan fingerprint density at radius 3 is 2.15 bits per heavy atom. The maximum atomic E-state index is 14.1. The Morgan fingerprint density at radius 1 is 1.05 bits per heavy atom. The van der Waals surface area contributed by atoms with Crippen molar-refractivity contribution in [2.75, 3.05) is 20.2 Å². The number of ether oxygens (including phenoxy) is 2. The molecule has 9 nitrogen and oxygen atoms in total. The number of hydrogen-bond donors (Lipinski definition) is 1. The molecule has 0 saturated heterocycles. The van der Waals surface area contributed by atoms with Gasteiger partial charge in [-0.15, -0.1) is 13.2 Å². The monoisotopic (exact) mass is 547 g/mol. The van der Waals surface area contributed by atoms with Gasteiger partial charge in [0, 0.05) is 25.4 Å². The van der Waals surface area contributed by atoms with Crippen molar-refractivity contribution < 1.29 is 28.7 Å². The highest BCUT2D eigenvalue weighted by atomic mass is 16.6. The lowest BCUT2D eigenvalue weighted by atomic mass is 9.79. The third-order valence-electron chi connectivity index (χ3n) is 7.78. The number of carbonyl (C=O) groups is 4. The number of rotatable bonds is 10. The Bertz CT molecular complexity index is 949. The van der Waals surface area contributed by atoms with Crippen molar-refractivity contribution >= 4 is 23.9 Å². The first-order chi connectivity index (χ1) is 18.0. The van der Waals surface area contributed by atoms with Gasteiger partial charge in [0.05, 0.1) is 12.5 Å². The minimum atomic E-state index is -1.14. The Balaban J connectivity index is 2.38. The Hall–Kier alpha value is -2.84. The topological polar surface area (TPSA) is 105 Å². The summed E-state index contributed by atoms with van der Waals surface area (Å²) in [5.74, 6) is -2.58. The van der Waals surface area contributed by atoms with Gasteiger partial charge in [-0.2, -0.15) is 0 Å². The van der Waals surface area contributed by atoms with Crippen LogP contribution in [0.3, 0.4) is 0 Å². The highest BCUT2D eigenvalue weighted by Crippen LogP contribution is 2.49. The van der Waals surface area contributed by atoms with E-state index in [4.69, 9.17) is 9.47 Å². The molecule has 0 aromatic heterocycles. The van der Waals surface area contributed by atoms with Gasteiger partial charge >= 0.3 is 12.1 Å². The number of amides is 3. The molecule has 0 aliphatic heterocycles. The number of nitrogens with zero attached hydrogens (tertiary/aromatic N) is 2. The summed E-state index contributed by atoms with van der Waals surface area (Å²) in [7, 11) is 1.51. The molecule has 2 aliphatic rings. The van der Waals surface area contributed by atoms with E-state index >= 15 is 0 Å². The van der Waals surface area contributed by atoms with Crippen LogP contribution in [-0.2, 0) is 23.9 Å². The minimum absolute atomic E-state index is 0.0944. The largest absolute Gasteiger partial charge is 0.464 e. The van der Waals surface area contributed by atoms with Gasteiger partial charge < -0.3 is 14.8 Å². The van der Waals surface area contributed by atoms with Crippen molar-refractivity contribution in [3.05, 3.63) is 25.3 Å². The normalized spacial score (nSPS) is 26.3. The molecule has 0 spiro atoms. The molecule has 0 heterocycles. The van der Waals surface area contributed by atoms with Gasteiger partial charge in [0.2, 0.25) is 11.8 Å². The van der Waals surface area contributed by atoms with E-state index in [0.717, 1.165) is 0 Å². The van der Waals surface area contributed by atoms with E-state index < -0.39 is 35.0 Å². The van der Waals surface area contributed by atoms with Gasteiger partial charge in [-0.25, -0.2) is 19.6 Å². The van der Waals surface area contributed by atoms with Crippen LogP contribution in [0, 0.1) is 29.1 Å². The summed E-state index contributed by atoms with van der Waals surface area (Å²) in [5.41, 5.74) is -2.01. The van der Waals surface area contributed by atoms with Crippen molar-refractivity contribution in [2.45, 2.75) is 91.7 Å². The fraction of sp³-hybridized carbons (Fsp3) is 0.733.